The molecule has 43 heavy (non-hydrogen) atoms. The van der Waals surface area contributed by atoms with Crippen molar-refractivity contribution in [2.45, 2.75) is 25.2 Å². The topological polar surface area (TPSA) is 92.6 Å². The first kappa shape index (κ1) is 30.7. The van der Waals surface area contributed by atoms with Gasteiger partial charge in [-0.1, -0.05) is 23.7 Å². The van der Waals surface area contributed by atoms with Crippen LogP contribution in [0.1, 0.15) is 47.1 Å². The number of piperazine rings is 1. The van der Waals surface area contributed by atoms with Crippen molar-refractivity contribution in [1.82, 2.24) is 29.7 Å². The molecule has 1 aromatic carbocycles. The van der Waals surface area contributed by atoms with E-state index >= 15 is 0 Å². The third-order valence-corrected chi connectivity index (χ3v) is 8.19. The lowest BCUT2D eigenvalue weighted by molar-refractivity contribution is -0.186. The Morgan fingerprint density at radius 1 is 1.19 bits per heavy atom. The highest BCUT2D eigenvalue weighted by Gasteiger charge is 2.44. The Morgan fingerprint density at radius 3 is 2.58 bits per heavy atom. The second-order valence-corrected chi connectivity index (χ2v) is 11.1. The molecule has 1 aliphatic carbocycles. The minimum absolute atomic E-state index is 0.138. The Bertz CT molecular complexity index is 1530. The van der Waals surface area contributed by atoms with Crippen molar-refractivity contribution >= 4 is 35.1 Å². The molecule has 1 N–H and O–H groups in total. The molecule has 3 atom stereocenters. The number of hydrogen-bond donors (Lipinski definition) is 1. The van der Waals surface area contributed by atoms with Crippen LogP contribution in [0.3, 0.4) is 0 Å². The van der Waals surface area contributed by atoms with Crippen molar-refractivity contribution in [2.75, 3.05) is 39.9 Å². The normalized spacial score (nSPS) is 18.6. The van der Waals surface area contributed by atoms with E-state index in [4.69, 9.17) is 21.3 Å². The molecule has 13 heteroatoms. The second-order valence-electron chi connectivity index (χ2n) is 10.7. The lowest BCUT2D eigenvalue weighted by atomic mass is 9.89. The van der Waals surface area contributed by atoms with Crippen molar-refractivity contribution in [2.24, 2.45) is 13.0 Å². The molecular weight excluding hydrogens is 585 g/mol. The lowest BCUT2D eigenvalue weighted by Gasteiger charge is -2.40. The van der Waals surface area contributed by atoms with E-state index in [1.54, 1.807) is 24.8 Å². The molecule has 3 unspecified atom stereocenters. The van der Waals surface area contributed by atoms with E-state index in [-0.39, 0.29) is 25.6 Å². The van der Waals surface area contributed by atoms with Crippen molar-refractivity contribution in [3.8, 4) is 0 Å². The molecule has 1 saturated heterocycles. The zero-order valence-electron chi connectivity index (χ0n) is 23.9. The van der Waals surface area contributed by atoms with Crippen LogP contribution in [0.2, 0.25) is 5.02 Å². The number of hydrogen-bond acceptors (Lipinski definition) is 6. The Hall–Kier alpha value is -3.74. The molecule has 228 valence electrons. The van der Waals surface area contributed by atoms with Crippen molar-refractivity contribution in [3.05, 3.63) is 82.2 Å². The highest BCUT2D eigenvalue weighted by molar-refractivity contribution is 6.30. The van der Waals surface area contributed by atoms with Gasteiger partial charge in [-0.2, -0.15) is 13.2 Å². The molecule has 0 spiro atoms. The summed E-state index contributed by atoms with van der Waals surface area (Å²) in [7, 11) is 3.29. The van der Waals surface area contributed by atoms with Crippen molar-refractivity contribution < 1.29 is 27.5 Å². The summed E-state index contributed by atoms with van der Waals surface area (Å²) in [5, 5.41) is 3.57. The summed E-state index contributed by atoms with van der Waals surface area (Å²) in [6.45, 7) is 1.73. The second kappa shape index (κ2) is 12.5. The molecule has 5 rings (SSSR count). The molecule has 3 heterocycles. The molecule has 1 aliphatic heterocycles. The fraction of sp³-hybridized carbons (Fsp3) is 0.400. The average molecular weight is 617 g/mol. The van der Waals surface area contributed by atoms with Crippen LogP contribution in [0.15, 0.2) is 49.1 Å². The number of rotatable bonds is 7. The number of aromatic nitrogens is 3. The number of methoxy groups -OCH3 is 1. The summed E-state index contributed by atoms with van der Waals surface area (Å²) in [6, 6.07) is 8.29. The van der Waals surface area contributed by atoms with Crippen LogP contribution in [0.25, 0.3) is 11.6 Å². The highest BCUT2D eigenvalue weighted by Crippen LogP contribution is 2.44. The number of aryl methyl sites for hydroxylation is 1. The van der Waals surface area contributed by atoms with E-state index in [0.717, 1.165) is 40.6 Å². The largest absolute Gasteiger partial charge is 0.400 e. The number of amides is 2. The Morgan fingerprint density at radius 2 is 1.93 bits per heavy atom. The fourth-order valence-corrected chi connectivity index (χ4v) is 5.88. The zero-order chi connectivity index (χ0) is 30.9. The SMILES string of the molecule is COCC(=O)NC(C1=Cc2cccnc2C(N2CCN(C(=O)C(C)C(F)(F)F)CC2)c2ccc(Cl)cc21)c1cncn1C. The maximum atomic E-state index is 13.3. The minimum Gasteiger partial charge on any atom is -0.375 e. The maximum Gasteiger partial charge on any atom is 0.400 e. The number of carbonyl (C=O) groups is 2. The summed E-state index contributed by atoms with van der Waals surface area (Å²) >= 11 is 6.56. The Balaban J connectivity index is 1.57. The van der Waals surface area contributed by atoms with Crippen LogP contribution >= 0.6 is 11.6 Å². The summed E-state index contributed by atoms with van der Waals surface area (Å²) < 4.78 is 46.7. The third-order valence-electron chi connectivity index (χ3n) is 7.96. The van der Waals surface area contributed by atoms with Crippen LogP contribution in [0.4, 0.5) is 13.2 Å². The van der Waals surface area contributed by atoms with E-state index in [0.29, 0.717) is 18.1 Å². The molecule has 3 aromatic rings. The van der Waals surface area contributed by atoms with Gasteiger partial charge in [0.1, 0.15) is 12.5 Å². The van der Waals surface area contributed by atoms with Crippen LogP contribution in [0, 0.1) is 5.92 Å². The van der Waals surface area contributed by atoms with Gasteiger partial charge in [0.05, 0.1) is 36.0 Å². The first-order valence-electron chi connectivity index (χ1n) is 13.8. The van der Waals surface area contributed by atoms with Gasteiger partial charge >= 0.3 is 6.18 Å². The number of benzene rings is 1. The Kier molecular flexibility index (Phi) is 8.91. The van der Waals surface area contributed by atoms with Gasteiger partial charge in [-0.05, 0) is 53.5 Å². The first-order valence-corrected chi connectivity index (χ1v) is 14.2. The summed E-state index contributed by atoms with van der Waals surface area (Å²) in [5.41, 5.74) is 4.70. The number of pyridine rings is 1. The average Bonchev–Trinajstić information content (AvgIpc) is 3.34. The van der Waals surface area contributed by atoms with E-state index in [1.807, 2.05) is 42.0 Å². The summed E-state index contributed by atoms with van der Waals surface area (Å²) in [4.78, 5) is 37.9. The number of imidazole rings is 1. The third kappa shape index (κ3) is 6.31. The molecule has 9 nitrogen and oxygen atoms in total. The molecule has 0 bridgehead atoms. The van der Waals surface area contributed by atoms with Crippen molar-refractivity contribution in [1.29, 1.82) is 0 Å². The number of carbonyl (C=O) groups excluding carboxylic acids is 2. The molecule has 2 aromatic heterocycles. The van der Waals surface area contributed by atoms with Gasteiger partial charge in [0.15, 0.2) is 0 Å². The van der Waals surface area contributed by atoms with Crippen LogP contribution in [-0.4, -0.2) is 82.2 Å². The number of alkyl halides is 3. The predicted molar refractivity (Wildman–Crippen MR) is 155 cm³/mol. The standard InChI is InChI=1S/C30H32ClF3N6O3/c1-18(30(32,33)34)29(42)40-11-9-39(10-12-40)28-21-7-6-20(31)14-22(21)23(13-19-5-4-8-36-26(19)28)27(37-25(41)16-43-3)24-15-35-17-38(24)2/h4-8,13-15,17-18,27-28H,9-12,16H2,1-3H3,(H,37,41). The summed E-state index contributed by atoms with van der Waals surface area (Å²) in [6.07, 6.45) is 2.42. The van der Waals surface area contributed by atoms with Gasteiger partial charge in [-0.25, -0.2) is 4.98 Å². The van der Waals surface area contributed by atoms with Crippen LogP contribution < -0.4 is 5.32 Å². The van der Waals surface area contributed by atoms with Gasteiger partial charge in [0.25, 0.3) is 0 Å². The van der Waals surface area contributed by atoms with E-state index in [9.17, 15) is 22.8 Å². The Labute approximate surface area is 252 Å². The monoisotopic (exact) mass is 616 g/mol. The zero-order valence-corrected chi connectivity index (χ0v) is 24.7. The smallest absolute Gasteiger partial charge is 0.375 e. The fourth-order valence-electron chi connectivity index (χ4n) is 5.70. The van der Waals surface area contributed by atoms with Gasteiger partial charge in [-0.15, -0.1) is 0 Å². The molecule has 2 aliphatic rings. The van der Waals surface area contributed by atoms with Gasteiger partial charge < -0.3 is 19.5 Å². The van der Waals surface area contributed by atoms with Crippen LogP contribution in [0.5, 0.6) is 0 Å². The molecule has 0 saturated carbocycles. The van der Waals surface area contributed by atoms with E-state index < -0.39 is 30.1 Å². The van der Waals surface area contributed by atoms with Gasteiger partial charge in [0.2, 0.25) is 11.8 Å². The number of ether oxygens (including phenoxy) is 1. The molecule has 0 radical (unpaired) electrons. The van der Waals surface area contributed by atoms with E-state index in [2.05, 4.69) is 15.2 Å². The van der Waals surface area contributed by atoms with Gasteiger partial charge in [0, 0.05) is 51.6 Å². The highest BCUT2D eigenvalue weighted by atomic mass is 35.5. The number of nitrogens with zero attached hydrogens (tertiary/aromatic N) is 5. The maximum absolute atomic E-state index is 13.3. The van der Waals surface area contributed by atoms with Crippen molar-refractivity contribution in [3.63, 3.8) is 0 Å². The summed E-state index contributed by atoms with van der Waals surface area (Å²) in [5.74, 6) is -3.31. The quantitative estimate of drug-likeness (QED) is 0.427. The predicted octanol–water partition coefficient (Wildman–Crippen LogP) is 4.26. The number of nitrogens with one attached hydrogen (secondary N) is 1. The van der Waals surface area contributed by atoms with E-state index in [1.165, 1.54) is 12.0 Å². The minimum atomic E-state index is -4.60. The first-order chi connectivity index (χ1) is 20.5. The molecular formula is C30H32ClF3N6O3. The number of halogens is 4. The molecule has 1 fully saturated rings. The van der Waals surface area contributed by atoms with Crippen LogP contribution in [-0.2, 0) is 21.4 Å². The molecule has 2 amide bonds. The number of fused-ring (bicyclic) bond motifs is 2. The lowest BCUT2D eigenvalue weighted by Crippen LogP contribution is -2.52. The van der Waals surface area contributed by atoms with Gasteiger partial charge in [-0.3, -0.25) is 19.5 Å².